The molecule has 2 aromatic heterocycles. The van der Waals surface area contributed by atoms with E-state index in [1.54, 1.807) is 32.2 Å². The molecule has 1 amide bonds. The summed E-state index contributed by atoms with van der Waals surface area (Å²) in [7, 11) is 1.90. The number of carboxylic acids is 1. The van der Waals surface area contributed by atoms with Crippen LogP contribution >= 0.6 is 11.8 Å². The van der Waals surface area contributed by atoms with Crippen molar-refractivity contribution < 1.29 is 19.1 Å². The normalized spacial score (nSPS) is 11.0. The zero-order valence-corrected chi connectivity index (χ0v) is 14.0. The van der Waals surface area contributed by atoms with E-state index in [9.17, 15) is 9.59 Å². The van der Waals surface area contributed by atoms with Crippen molar-refractivity contribution in [3.8, 4) is 0 Å². The number of amides is 1. The number of carbonyl (C=O) groups is 2. The summed E-state index contributed by atoms with van der Waals surface area (Å²) in [6.45, 7) is 3.18. The second-order valence-corrected chi connectivity index (χ2v) is 6.24. The molecular formula is C15H19N3O4S. The van der Waals surface area contributed by atoms with Crippen LogP contribution in [0.4, 0.5) is 0 Å². The molecule has 124 valence electrons. The summed E-state index contributed by atoms with van der Waals surface area (Å²) in [5.74, 6) is -0.144. The van der Waals surface area contributed by atoms with Gasteiger partial charge >= 0.3 is 5.97 Å². The molecule has 0 aliphatic heterocycles. The molecule has 0 radical (unpaired) electrons. The number of furan rings is 1. The van der Waals surface area contributed by atoms with Crippen molar-refractivity contribution in [2.45, 2.75) is 30.8 Å². The lowest BCUT2D eigenvalue weighted by Gasteiger charge is -2.23. The topological polar surface area (TPSA) is 88.6 Å². The lowest BCUT2D eigenvalue weighted by molar-refractivity contribution is -0.138. The van der Waals surface area contributed by atoms with E-state index in [0.29, 0.717) is 11.5 Å². The second-order valence-electron chi connectivity index (χ2n) is 5.30. The van der Waals surface area contributed by atoms with Gasteiger partial charge in [-0.05, 0) is 26.0 Å². The maximum atomic E-state index is 12.4. The minimum atomic E-state index is -1.05. The molecule has 0 saturated carbocycles. The fraction of sp³-hybridized carbons (Fsp3) is 0.400. The number of hydrogen-bond donors (Lipinski definition) is 1. The maximum absolute atomic E-state index is 12.4. The first-order valence-electron chi connectivity index (χ1n) is 7.10. The predicted octanol–water partition coefficient (Wildman–Crippen LogP) is 2.24. The second kappa shape index (κ2) is 7.36. The van der Waals surface area contributed by atoms with Gasteiger partial charge in [-0.2, -0.15) is 0 Å². The van der Waals surface area contributed by atoms with Crippen LogP contribution in [0, 0.1) is 0 Å². The van der Waals surface area contributed by atoms with E-state index < -0.39 is 11.9 Å². The molecule has 0 spiro atoms. The average Bonchev–Trinajstić information content (AvgIpc) is 3.10. The Balaban J connectivity index is 2.03. The largest absolute Gasteiger partial charge is 0.480 e. The molecule has 0 atom stereocenters. The highest BCUT2D eigenvalue weighted by Crippen LogP contribution is 2.22. The van der Waals surface area contributed by atoms with Crippen molar-refractivity contribution in [3.05, 3.63) is 36.0 Å². The van der Waals surface area contributed by atoms with Gasteiger partial charge in [0.15, 0.2) is 10.9 Å². The fourth-order valence-corrected chi connectivity index (χ4v) is 2.80. The van der Waals surface area contributed by atoms with E-state index in [1.165, 1.54) is 16.7 Å². The molecule has 23 heavy (non-hydrogen) atoms. The monoisotopic (exact) mass is 337 g/mol. The van der Waals surface area contributed by atoms with Crippen molar-refractivity contribution in [3.63, 3.8) is 0 Å². The Morgan fingerprint density at radius 3 is 2.74 bits per heavy atom. The molecule has 0 aromatic carbocycles. The Hall–Kier alpha value is -2.22. The highest BCUT2D eigenvalue weighted by atomic mass is 32.2. The summed E-state index contributed by atoms with van der Waals surface area (Å²) in [5.41, 5.74) is 0. The van der Waals surface area contributed by atoms with Crippen LogP contribution in [0.1, 0.15) is 30.2 Å². The number of thioether (sulfide) groups is 1. The first-order valence-corrected chi connectivity index (χ1v) is 8.08. The van der Waals surface area contributed by atoms with Crippen LogP contribution in [0.25, 0.3) is 0 Å². The van der Waals surface area contributed by atoms with Crippen molar-refractivity contribution in [2.24, 2.45) is 7.05 Å². The fourth-order valence-electron chi connectivity index (χ4n) is 1.97. The third-order valence-electron chi connectivity index (χ3n) is 3.18. The SMILES string of the molecule is CC(C)N(CC(=O)O)C(=O)c1ccc(CSc2nccn2C)o1. The van der Waals surface area contributed by atoms with Crippen LogP contribution in [0.3, 0.4) is 0 Å². The summed E-state index contributed by atoms with van der Waals surface area (Å²) >= 11 is 1.50. The van der Waals surface area contributed by atoms with E-state index in [1.807, 2.05) is 17.8 Å². The first kappa shape index (κ1) is 17.1. The molecule has 8 heteroatoms. The molecule has 7 nitrogen and oxygen atoms in total. The van der Waals surface area contributed by atoms with Gasteiger partial charge in [-0.1, -0.05) is 11.8 Å². The van der Waals surface area contributed by atoms with Gasteiger partial charge in [-0.3, -0.25) is 9.59 Å². The Morgan fingerprint density at radius 1 is 1.43 bits per heavy atom. The van der Waals surface area contributed by atoms with Crippen LogP contribution < -0.4 is 0 Å². The highest BCUT2D eigenvalue weighted by Gasteiger charge is 2.24. The number of aryl methyl sites for hydroxylation is 1. The molecule has 0 unspecified atom stereocenters. The molecule has 0 aliphatic rings. The number of imidazole rings is 1. The molecule has 2 rings (SSSR count). The Labute approximate surface area is 138 Å². The van der Waals surface area contributed by atoms with Crippen LogP contribution in [0.15, 0.2) is 34.1 Å². The number of rotatable bonds is 7. The van der Waals surface area contributed by atoms with E-state index in [0.717, 1.165) is 5.16 Å². The van der Waals surface area contributed by atoms with Crippen molar-refractivity contribution >= 4 is 23.6 Å². The molecule has 0 bridgehead atoms. The van der Waals surface area contributed by atoms with Crippen LogP contribution in [-0.4, -0.2) is 44.0 Å². The Bertz CT molecular complexity index is 692. The zero-order valence-electron chi connectivity index (χ0n) is 13.2. The Kier molecular flexibility index (Phi) is 5.49. The highest BCUT2D eigenvalue weighted by molar-refractivity contribution is 7.98. The summed E-state index contributed by atoms with van der Waals surface area (Å²) < 4.78 is 7.45. The van der Waals surface area contributed by atoms with Crippen molar-refractivity contribution in [2.75, 3.05) is 6.54 Å². The van der Waals surface area contributed by atoms with Gasteiger partial charge < -0.3 is 19.0 Å². The van der Waals surface area contributed by atoms with Crippen LogP contribution in [0.5, 0.6) is 0 Å². The van der Waals surface area contributed by atoms with Crippen LogP contribution in [-0.2, 0) is 17.6 Å². The molecule has 0 fully saturated rings. The lowest BCUT2D eigenvalue weighted by atomic mass is 10.3. The molecule has 1 N–H and O–H groups in total. The van der Waals surface area contributed by atoms with E-state index in [2.05, 4.69) is 4.98 Å². The third-order valence-corrected chi connectivity index (χ3v) is 4.26. The maximum Gasteiger partial charge on any atom is 0.323 e. The van der Waals surface area contributed by atoms with Crippen LogP contribution in [0.2, 0.25) is 0 Å². The Morgan fingerprint density at radius 2 is 2.17 bits per heavy atom. The van der Waals surface area contributed by atoms with Gasteiger partial charge in [0, 0.05) is 25.5 Å². The summed E-state index contributed by atoms with van der Waals surface area (Å²) in [6.07, 6.45) is 3.57. The summed E-state index contributed by atoms with van der Waals surface area (Å²) in [6, 6.07) is 3.07. The summed E-state index contributed by atoms with van der Waals surface area (Å²) in [5, 5.41) is 9.76. The van der Waals surface area contributed by atoms with E-state index in [-0.39, 0.29) is 18.3 Å². The minimum absolute atomic E-state index is 0.149. The van der Waals surface area contributed by atoms with E-state index in [4.69, 9.17) is 9.52 Å². The van der Waals surface area contributed by atoms with Gasteiger partial charge in [0.2, 0.25) is 0 Å². The van der Waals surface area contributed by atoms with Gasteiger partial charge in [-0.25, -0.2) is 4.98 Å². The van der Waals surface area contributed by atoms with Gasteiger partial charge in [0.1, 0.15) is 12.3 Å². The standard InChI is InChI=1S/C15H19N3O4S/c1-10(2)18(8-13(19)20)14(21)12-5-4-11(22-12)9-23-15-16-6-7-17(15)3/h4-7,10H,8-9H2,1-3H3,(H,19,20). The van der Waals surface area contributed by atoms with Gasteiger partial charge in [0.25, 0.3) is 5.91 Å². The predicted molar refractivity (Wildman–Crippen MR) is 85.3 cm³/mol. The molecule has 2 aromatic rings. The first-order chi connectivity index (χ1) is 10.9. The zero-order chi connectivity index (χ0) is 17.0. The van der Waals surface area contributed by atoms with Gasteiger partial charge in [0.05, 0.1) is 5.75 Å². The number of carbonyl (C=O) groups excluding carboxylic acids is 1. The molecular weight excluding hydrogens is 318 g/mol. The quantitative estimate of drug-likeness (QED) is 0.780. The van der Waals surface area contributed by atoms with E-state index >= 15 is 0 Å². The smallest absolute Gasteiger partial charge is 0.323 e. The van der Waals surface area contributed by atoms with Crippen molar-refractivity contribution in [1.29, 1.82) is 0 Å². The molecule has 0 saturated heterocycles. The number of aliphatic carboxylic acids is 1. The minimum Gasteiger partial charge on any atom is -0.480 e. The number of aromatic nitrogens is 2. The number of hydrogen-bond acceptors (Lipinski definition) is 5. The number of nitrogens with zero attached hydrogens (tertiary/aromatic N) is 3. The molecule has 2 heterocycles. The molecule has 0 aliphatic carbocycles. The number of carboxylic acid groups (broad SMARTS) is 1. The average molecular weight is 337 g/mol. The summed E-state index contributed by atoms with van der Waals surface area (Å²) in [4.78, 5) is 28.7. The third kappa shape index (κ3) is 4.38. The van der Waals surface area contributed by atoms with Gasteiger partial charge in [-0.15, -0.1) is 0 Å². The van der Waals surface area contributed by atoms with Crippen molar-refractivity contribution in [1.82, 2.24) is 14.5 Å². The lowest BCUT2D eigenvalue weighted by Crippen LogP contribution is -2.40.